The molecular weight excluding hydrogens is 290 g/mol. The summed E-state index contributed by atoms with van der Waals surface area (Å²) in [6, 6.07) is 0. The van der Waals surface area contributed by atoms with Crippen LogP contribution in [0.25, 0.3) is 0 Å². The van der Waals surface area contributed by atoms with Gasteiger partial charge in [-0.25, -0.2) is 5.01 Å². The van der Waals surface area contributed by atoms with E-state index in [1.807, 2.05) is 40.0 Å². The molecule has 0 atom stereocenters. The number of allylic oxidation sites excluding steroid dienone is 3. The molecule has 0 bridgehead atoms. The summed E-state index contributed by atoms with van der Waals surface area (Å²) in [5, 5.41) is 8.33. The molecule has 1 aliphatic rings. The Morgan fingerprint density at radius 1 is 1.35 bits per heavy atom. The summed E-state index contributed by atoms with van der Waals surface area (Å²) in [6.07, 6.45) is 6.05. The maximum absolute atomic E-state index is 11.2. The summed E-state index contributed by atoms with van der Waals surface area (Å²) >= 11 is 0. The highest BCUT2D eigenvalue weighted by Gasteiger charge is 2.25. The van der Waals surface area contributed by atoms with E-state index in [0.717, 1.165) is 11.3 Å². The van der Waals surface area contributed by atoms with E-state index in [1.54, 1.807) is 12.1 Å². The third kappa shape index (κ3) is 6.40. The van der Waals surface area contributed by atoms with Crippen LogP contribution in [0.15, 0.2) is 40.3 Å². The highest BCUT2D eigenvalue weighted by molar-refractivity contribution is 5.76. The molecule has 0 aliphatic carbocycles. The minimum atomic E-state index is -0.222. The van der Waals surface area contributed by atoms with Gasteiger partial charge in [0.1, 0.15) is 6.61 Å². The summed E-state index contributed by atoms with van der Waals surface area (Å²) in [6.45, 7) is 16.3. The van der Waals surface area contributed by atoms with Crippen molar-refractivity contribution in [3.63, 3.8) is 0 Å². The molecule has 0 aromatic rings. The third-order valence-corrected chi connectivity index (χ3v) is 3.35. The second-order valence-corrected chi connectivity index (χ2v) is 5.84. The predicted molar refractivity (Wildman–Crippen MR) is 97.0 cm³/mol. The van der Waals surface area contributed by atoms with E-state index in [0.29, 0.717) is 6.61 Å². The first-order valence-electron chi connectivity index (χ1n) is 7.94. The van der Waals surface area contributed by atoms with Gasteiger partial charge in [-0.15, -0.1) is 0 Å². The van der Waals surface area contributed by atoms with Crippen LogP contribution in [-0.2, 0) is 9.53 Å². The van der Waals surface area contributed by atoms with E-state index in [4.69, 9.17) is 4.74 Å². The van der Waals surface area contributed by atoms with Gasteiger partial charge in [0.25, 0.3) is 0 Å². The zero-order chi connectivity index (χ0) is 18.0. The standard InChI is InChI=1S/C16H25N3O2.C2H6/c1-12(2)14-8-7-13(9-19(14)18-6)16(3,4)11-21-10-15(20)17-5;1-2/h7-9H,6,10-11H2,1-5H3,(H,17,20);1-2H3. The lowest BCUT2D eigenvalue weighted by atomic mass is 9.84. The first kappa shape index (κ1) is 21.1. The largest absolute Gasteiger partial charge is 0.371 e. The summed E-state index contributed by atoms with van der Waals surface area (Å²) < 4.78 is 5.48. The minimum Gasteiger partial charge on any atom is -0.371 e. The normalized spacial score (nSPS) is 13.8. The van der Waals surface area contributed by atoms with Gasteiger partial charge in [-0.3, -0.25) is 4.79 Å². The molecular formula is C18H31N3O2. The van der Waals surface area contributed by atoms with Crippen molar-refractivity contribution in [3.8, 4) is 0 Å². The lowest BCUT2D eigenvalue weighted by Crippen LogP contribution is -2.29. The van der Waals surface area contributed by atoms with Crippen molar-refractivity contribution in [2.75, 3.05) is 20.3 Å². The first-order valence-corrected chi connectivity index (χ1v) is 7.94. The van der Waals surface area contributed by atoms with Crippen LogP contribution in [-0.4, -0.2) is 37.9 Å². The van der Waals surface area contributed by atoms with Crippen LogP contribution in [0.3, 0.4) is 0 Å². The third-order valence-electron chi connectivity index (χ3n) is 3.35. The van der Waals surface area contributed by atoms with E-state index < -0.39 is 0 Å². The topological polar surface area (TPSA) is 53.9 Å². The molecule has 1 N–H and O–H groups in total. The number of carbonyl (C=O) groups is 1. The molecule has 1 heterocycles. The van der Waals surface area contributed by atoms with Crippen molar-refractivity contribution in [1.29, 1.82) is 0 Å². The van der Waals surface area contributed by atoms with Gasteiger partial charge in [0.2, 0.25) is 5.91 Å². The molecule has 0 unspecified atom stereocenters. The number of carbonyl (C=O) groups excluding carboxylic acids is 1. The molecule has 0 aromatic carbocycles. The van der Waals surface area contributed by atoms with Crippen molar-refractivity contribution >= 4 is 12.6 Å². The Morgan fingerprint density at radius 2 is 1.96 bits per heavy atom. The fourth-order valence-electron chi connectivity index (χ4n) is 1.96. The molecule has 0 saturated heterocycles. The average Bonchev–Trinajstić information content (AvgIpc) is 2.55. The van der Waals surface area contributed by atoms with E-state index in [2.05, 4.69) is 37.1 Å². The summed E-state index contributed by atoms with van der Waals surface area (Å²) in [4.78, 5) is 11.2. The van der Waals surface area contributed by atoms with Crippen molar-refractivity contribution in [3.05, 3.63) is 35.2 Å². The van der Waals surface area contributed by atoms with E-state index >= 15 is 0 Å². The van der Waals surface area contributed by atoms with Crippen LogP contribution in [0.4, 0.5) is 0 Å². The van der Waals surface area contributed by atoms with Crippen molar-refractivity contribution in [2.24, 2.45) is 10.5 Å². The molecule has 0 radical (unpaired) electrons. The summed E-state index contributed by atoms with van der Waals surface area (Å²) in [5.41, 5.74) is 3.05. The fourth-order valence-corrected chi connectivity index (χ4v) is 1.96. The summed E-state index contributed by atoms with van der Waals surface area (Å²) in [5.74, 6) is -0.125. The van der Waals surface area contributed by atoms with Crippen molar-refractivity contribution in [1.82, 2.24) is 10.3 Å². The predicted octanol–water partition coefficient (Wildman–Crippen LogP) is 3.47. The number of ether oxygens (including phenoxy) is 1. The monoisotopic (exact) mass is 321 g/mol. The number of amides is 1. The van der Waals surface area contributed by atoms with Gasteiger partial charge in [0, 0.05) is 25.4 Å². The molecule has 0 saturated carbocycles. The fraction of sp³-hybridized carbons (Fsp3) is 0.556. The zero-order valence-corrected chi connectivity index (χ0v) is 15.6. The van der Waals surface area contributed by atoms with Gasteiger partial charge in [-0.2, -0.15) is 5.10 Å². The van der Waals surface area contributed by atoms with Gasteiger partial charge < -0.3 is 10.1 Å². The van der Waals surface area contributed by atoms with Crippen LogP contribution in [0, 0.1) is 5.41 Å². The highest BCUT2D eigenvalue weighted by atomic mass is 16.5. The maximum Gasteiger partial charge on any atom is 0.245 e. The van der Waals surface area contributed by atoms with Crippen molar-refractivity contribution in [2.45, 2.75) is 41.5 Å². The van der Waals surface area contributed by atoms with Gasteiger partial charge in [0.15, 0.2) is 0 Å². The zero-order valence-electron chi connectivity index (χ0n) is 15.6. The number of hydrogen-bond donors (Lipinski definition) is 1. The molecule has 0 fully saturated rings. The summed E-state index contributed by atoms with van der Waals surface area (Å²) in [7, 11) is 1.60. The number of rotatable bonds is 6. The van der Waals surface area contributed by atoms with Crippen LogP contribution >= 0.6 is 0 Å². The van der Waals surface area contributed by atoms with Gasteiger partial charge in [-0.05, 0) is 25.5 Å². The Morgan fingerprint density at radius 3 is 2.43 bits per heavy atom. The smallest absolute Gasteiger partial charge is 0.245 e. The Balaban J connectivity index is 0.00000232. The first-order chi connectivity index (χ1) is 10.8. The number of nitrogens with one attached hydrogen (secondary N) is 1. The van der Waals surface area contributed by atoms with Gasteiger partial charge >= 0.3 is 0 Å². The molecule has 0 aromatic heterocycles. The Kier molecular flexibility index (Phi) is 9.18. The highest BCUT2D eigenvalue weighted by Crippen LogP contribution is 2.32. The molecule has 130 valence electrons. The van der Waals surface area contributed by atoms with Crippen LogP contribution in [0.2, 0.25) is 0 Å². The molecule has 5 nitrogen and oxygen atoms in total. The minimum absolute atomic E-state index is 0.0690. The molecule has 1 rings (SSSR count). The maximum atomic E-state index is 11.2. The van der Waals surface area contributed by atoms with Crippen molar-refractivity contribution < 1.29 is 9.53 Å². The van der Waals surface area contributed by atoms with Crippen LogP contribution in [0.1, 0.15) is 41.5 Å². The average molecular weight is 321 g/mol. The molecule has 1 aliphatic heterocycles. The number of hydrogen-bond acceptors (Lipinski definition) is 4. The second-order valence-electron chi connectivity index (χ2n) is 5.84. The van der Waals surface area contributed by atoms with Crippen LogP contribution < -0.4 is 5.32 Å². The Labute approximate surface area is 140 Å². The molecule has 0 spiro atoms. The van der Waals surface area contributed by atoms with E-state index in [9.17, 15) is 4.79 Å². The molecule has 23 heavy (non-hydrogen) atoms. The van der Waals surface area contributed by atoms with Gasteiger partial charge in [-0.1, -0.05) is 39.3 Å². The van der Waals surface area contributed by atoms with Crippen LogP contribution in [0.5, 0.6) is 0 Å². The lowest BCUT2D eigenvalue weighted by molar-refractivity contribution is -0.125. The number of hydrazone groups is 1. The molecule has 5 heteroatoms. The van der Waals surface area contributed by atoms with Gasteiger partial charge in [0.05, 0.1) is 12.3 Å². The quantitative estimate of drug-likeness (QED) is 0.762. The SMILES string of the molecule is C=NN1C=C(C(C)(C)COCC(=O)NC)C=CC1=C(C)C.CC. The molecule has 1 amide bonds. The second kappa shape index (κ2) is 10.0. The number of nitrogens with zero attached hydrogens (tertiary/aromatic N) is 2. The Hall–Kier alpha value is -1.88. The number of likely N-dealkylation sites (N-methyl/N-ethyl adjacent to an activating group) is 1. The lowest BCUT2D eigenvalue weighted by Gasteiger charge is -2.31. The Bertz CT molecular complexity index is 498. The van der Waals surface area contributed by atoms with E-state index in [1.165, 1.54) is 5.57 Å². The van der Waals surface area contributed by atoms with E-state index in [-0.39, 0.29) is 17.9 Å².